The fraction of sp³-hybridized carbons (Fsp3) is 0.600. The third-order valence-corrected chi connectivity index (χ3v) is 4.01. The molecule has 0 radical (unpaired) electrons. The number of benzene rings is 1. The van der Waals surface area contributed by atoms with Crippen molar-refractivity contribution in [2.75, 3.05) is 26.2 Å². The molecule has 2 nitrogen and oxygen atoms in total. The molecule has 1 aliphatic rings. The van der Waals surface area contributed by atoms with E-state index in [0.29, 0.717) is 0 Å². The average Bonchev–Trinajstić information content (AvgIpc) is 2.40. The quantitative estimate of drug-likeness (QED) is 0.881. The van der Waals surface area contributed by atoms with Gasteiger partial charge in [-0.1, -0.05) is 36.7 Å². The summed E-state index contributed by atoms with van der Waals surface area (Å²) < 4.78 is 0. The molecular formula is C15H23ClN2. The van der Waals surface area contributed by atoms with Gasteiger partial charge in [-0.05, 0) is 50.0 Å². The van der Waals surface area contributed by atoms with Gasteiger partial charge in [0, 0.05) is 18.1 Å². The van der Waals surface area contributed by atoms with Gasteiger partial charge in [-0.25, -0.2) is 0 Å². The van der Waals surface area contributed by atoms with E-state index in [0.717, 1.165) is 30.6 Å². The van der Waals surface area contributed by atoms with Crippen LogP contribution >= 0.6 is 11.6 Å². The number of nitrogens with zero attached hydrogens (tertiary/aromatic N) is 1. The van der Waals surface area contributed by atoms with Crippen LogP contribution in [0.15, 0.2) is 24.3 Å². The van der Waals surface area contributed by atoms with Crippen LogP contribution in [0.4, 0.5) is 0 Å². The van der Waals surface area contributed by atoms with Crippen molar-refractivity contribution in [2.45, 2.75) is 26.3 Å². The number of hydrogen-bond acceptors (Lipinski definition) is 2. The number of nitrogens with one attached hydrogen (secondary N) is 1. The van der Waals surface area contributed by atoms with Crippen LogP contribution in [0.25, 0.3) is 0 Å². The summed E-state index contributed by atoms with van der Waals surface area (Å²) in [7, 11) is 0. The SMILES string of the molecule is CCNCC1CCCN(Cc2ccccc2Cl)C1. The van der Waals surface area contributed by atoms with E-state index in [2.05, 4.69) is 29.3 Å². The van der Waals surface area contributed by atoms with Crippen molar-refractivity contribution in [3.05, 3.63) is 34.9 Å². The first-order valence-corrected chi connectivity index (χ1v) is 7.34. The number of likely N-dealkylation sites (tertiary alicyclic amines) is 1. The lowest BCUT2D eigenvalue weighted by Crippen LogP contribution is -2.39. The summed E-state index contributed by atoms with van der Waals surface area (Å²) in [6, 6.07) is 8.19. The van der Waals surface area contributed by atoms with Crippen molar-refractivity contribution in [1.29, 1.82) is 0 Å². The molecule has 1 unspecified atom stereocenters. The van der Waals surface area contributed by atoms with Crippen LogP contribution in [0.3, 0.4) is 0 Å². The second kappa shape index (κ2) is 7.13. The molecule has 1 saturated heterocycles. The fourth-order valence-electron chi connectivity index (χ4n) is 2.68. The van der Waals surface area contributed by atoms with Crippen LogP contribution in [0.1, 0.15) is 25.3 Å². The lowest BCUT2D eigenvalue weighted by atomic mass is 9.97. The molecule has 2 rings (SSSR count). The summed E-state index contributed by atoms with van der Waals surface area (Å²) in [4.78, 5) is 2.53. The Kier molecular flexibility index (Phi) is 5.48. The molecule has 1 fully saturated rings. The van der Waals surface area contributed by atoms with Crippen LogP contribution in [0.5, 0.6) is 0 Å². The lowest BCUT2D eigenvalue weighted by Gasteiger charge is -2.33. The van der Waals surface area contributed by atoms with Crippen LogP contribution in [-0.4, -0.2) is 31.1 Å². The average molecular weight is 267 g/mol. The van der Waals surface area contributed by atoms with Crippen molar-refractivity contribution in [1.82, 2.24) is 10.2 Å². The molecule has 0 spiro atoms. The standard InChI is InChI=1S/C15H23ClN2/c1-2-17-10-13-6-5-9-18(11-13)12-14-7-3-4-8-15(14)16/h3-4,7-8,13,17H,2,5-6,9-12H2,1H3. The number of halogens is 1. The Labute approximate surface area is 115 Å². The minimum absolute atomic E-state index is 0.793. The zero-order chi connectivity index (χ0) is 12.8. The number of rotatable bonds is 5. The fourth-order valence-corrected chi connectivity index (χ4v) is 2.87. The first-order valence-electron chi connectivity index (χ1n) is 6.96. The molecule has 1 aromatic carbocycles. The molecule has 100 valence electrons. The topological polar surface area (TPSA) is 15.3 Å². The molecule has 1 atom stereocenters. The Balaban J connectivity index is 1.87. The number of hydrogen-bond donors (Lipinski definition) is 1. The zero-order valence-electron chi connectivity index (χ0n) is 11.2. The Bertz CT molecular complexity index is 367. The molecule has 0 bridgehead atoms. The third kappa shape index (κ3) is 3.98. The molecule has 1 aliphatic heterocycles. The van der Waals surface area contributed by atoms with Crippen molar-refractivity contribution in [3.63, 3.8) is 0 Å². The molecule has 3 heteroatoms. The molecular weight excluding hydrogens is 244 g/mol. The minimum atomic E-state index is 0.793. The normalized spacial score (nSPS) is 21.1. The highest BCUT2D eigenvalue weighted by Gasteiger charge is 2.19. The van der Waals surface area contributed by atoms with Crippen LogP contribution in [-0.2, 0) is 6.54 Å². The second-order valence-electron chi connectivity index (χ2n) is 5.14. The summed E-state index contributed by atoms with van der Waals surface area (Å²) in [6.07, 6.45) is 2.66. The van der Waals surface area contributed by atoms with Crippen molar-refractivity contribution in [3.8, 4) is 0 Å². The Morgan fingerprint density at radius 2 is 2.22 bits per heavy atom. The van der Waals surface area contributed by atoms with E-state index in [4.69, 9.17) is 11.6 Å². The second-order valence-corrected chi connectivity index (χ2v) is 5.55. The summed E-state index contributed by atoms with van der Waals surface area (Å²) in [5.74, 6) is 0.793. The van der Waals surface area contributed by atoms with Crippen LogP contribution < -0.4 is 5.32 Å². The smallest absolute Gasteiger partial charge is 0.0451 e. The van der Waals surface area contributed by atoms with Gasteiger partial charge in [-0.2, -0.15) is 0 Å². The van der Waals surface area contributed by atoms with Crippen molar-refractivity contribution in [2.24, 2.45) is 5.92 Å². The van der Waals surface area contributed by atoms with Crippen LogP contribution in [0.2, 0.25) is 5.02 Å². The molecule has 1 aromatic rings. The zero-order valence-corrected chi connectivity index (χ0v) is 11.9. The third-order valence-electron chi connectivity index (χ3n) is 3.64. The predicted octanol–water partition coefficient (Wildman–Crippen LogP) is 3.16. The molecule has 1 heterocycles. The van der Waals surface area contributed by atoms with Crippen LogP contribution in [0, 0.1) is 5.92 Å². The van der Waals surface area contributed by atoms with E-state index in [1.807, 2.05) is 12.1 Å². The maximum absolute atomic E-state index is 6.22. The highest BCUT2D eigenvalue weighted by Crippen LogP contribution is 2.21. The molecule has 0 aliphatic carbocycles. The van der Waals surface area contributed by atoms with Gasteiger partial charge in [-0.3, -0.25) is 4.90 Å². The molecule has 0 aromatic heterocycles. The maximum Gasteiger partial charge on any atom is 0.0451 e. The largest absolute Gasteiger partial charge is 0.317 e. The molecule has 0 saturated carbocycles. The van der Waals surface area contributed by atoms with E-state index < -0.39 is 0 Å². The van der Waals surface area contributed by atoms with Gasteiger partial charge in [0.2, 0.25) is 0 Å². The Hall–Kier alpha value is -0.570. The first kappa shape index (κ1) is 13.9. The van der Waals surface area contributed by atoms with Crippen molar-refractivity contribution < 1.29 is 0 Å². The molecule has 0 amide bonds. The summed E-state index contributed by atoms with van der Waals surface area (Å²) in [5, 5.41) is 4.36. The van der Waals surface area contributed by atoms with Gasteiger partial charge in [-0.15, -0.1) is 0 Å². The first-order chi connectivity index (χ1) is 8.79. The van der Waals surface area contributed by atoms with Gasteiger partial charge in [0.05, 0.1) is 0 Å². The highest BCUT2D eigenvalue weighted by atomic mass is 35.5. The van der Waals surface area contributed by atoms with E-state index in [-0.39, 0.29) is 0 Å². The maximum atomic E-state index is 6.22. The highest BCUT2D eigenvalue weighted by molar-refractivity contribution is 6.31. The van der Waals surface area contributed by atoms with E-state index in [9.17, 15) is 0 Å². The van der Waals surface area contributed by atoms with Gasteiger partial charge in [0.25, 0.3) is 0 Å². The van der Waals surface area contributed by atoms with E-state index >= 15 is 0 Å². The van der Waals surface area contributed by atoms with Gasteiger partial charge in [0.1, 0.15) is 0 Å². The summed E-state index contributed by atoms with van der Waals surface area (Å²) in [6.45, 7) is 7.77. The predicted molar refractivity (Wildman–Crippen MR) is 78.0 cm³/mol. The lowest BCUT2D eigenvalue weighted by molar-refractivity contribution is 0.166. The Morgan fingerprint density at radius 3 is 3.00 bits per heavy atom. The van der Waals surface area contributed by atoms with E-state index in [1.54, 1.807) is 0 Å². The summed E-state index contributed by atoms with van der Waals surface area (Å²) >= 11 is 6.22. The van der Waals surface area contributed by atoms with E-state index in [1.165, 1.54) is 31.5 Å². The molecule has 18 heavy (non-hydrogen) atoms. The van der Waals surface area contributed by atoms with Gasteiger partial charge < -0.3 is 5.32 Å². The monoisotopic (exact) mass is 266 g/mol. The van der Waals surface area contributed by atoms with Crippen molar-refractivity contribution >= 4 is 11.6 Å². The summed E-state index contributed by atoms with van der Waals surface area (Å²) in [5.41, 5.74) is 1.25. The Morgan fingerprint density at radius 1 is 1.39 bits per heavy atom. The van der Waals surface area contributed by atoms with Gasteiger partial charge >= 0.3 is 0 Å². The number of piperidine rings is 1. The minimum Gasteiger partial charge on any atom is -0.317 e. The molecule has 1 N–H and O–H groups in total. The van der Waals surface area contributed by atoms with Gasteiger partial charge in [0.15, 0.2) is 0 Å².